The van der Waals surface area contributed by atoms with E-state index < -0.39 is 10.4 Å². The maximum atomic E-state index is 10.1. The normalized spacial score (nSPS) is 11.3. The molecule has 0 rings (SSSR count). The van der Waals surface area contributed by atoms with Gasteiger partial charge in [-0.25, -0.2) is 8.42 Å². The van der Waals surface area contributed by atoms with Gasteiger partial charge >= 0.3 is 29.6 Å². The first-order valence-electron chi connectivity index (χ1n) is 7.74. The monoisotopic (exact) mass is 332 g/mol. The molecule has 0 aromatic heterocycles. The first-order valence-corrected chi connectivity index (χ1v) is 9.07. The zero-order chi connectivity index (χ0) is 15.1. The third kappa shape index (κ3) is 23.2. The van der Waals surface area contributed by atoms with Crippen LogP contribution in [0.2, 0.25) is 0 Å². The number of ether oxygens (including phenoxy) is 1. The van der Waals surface area contributed by atoms with Crippen LogP contribution in [0.3, 0.4) is 0 Å². The van der Waals surface area contributed by atoms with Crippen LogP contribution in [0, 0.1) is 0 Å². The first kappa shape index (κ1) is 24.1. The van der Waals surface area contributed by atoms with Gasteiger partial charge in [-0.2, -0.15) is 0 Å². The predicted octanol–water partition coefficient (Wildman–Crippen LogP) is 0.405. The standard InChI is InChI=1S/C14H30O5S.Na/c1-2-3-4-5-6-7-8-9-10-11-12-18-13-14-19-20(15,16)17;/h2-14H2,1H3,(H,15,16,17);/q;+1/p-1. The van der Waals surface area contributed by atoms with E-state index in [-0.39, 0.29) is 42.8 Å². The van der Waals surface area contributed by atoms with Crippen LogP contribution in [-0.2, 0) is 19.3 Å². The van der Waals surface area contributed by atoms with Crippen LogP contribution < -0.4 is 29.6 Å². The third-order valence-corrected chi connectivity index (χ3v) is 3.55. The van der Waals surface area contributed by atoms with Crippen molar-refractivity contribution in [1.82, 2.24) is 0 Å². The molecule has 0 aromatic carbocycles. The van der Waals surface area contributed by atoms with E-state index in [0.29, 0.717) is 6.61 Å². The Labute approximate surface area is 152 Å². The molecule has 0 aromatic rings. The van der Waals surface area contributed by atoms with E-state index in [1.807, 2.05) is 0 Å². The molecule has 0 bridgehead atoms. The maximum absolute atomic E-state index is 10.1. The van der Waals surface area contributed by atoms with Crippen molar-refractivity contribution in [2.45, 2.75) is 71.1 Å². The summed E-state index contributed by atoms with van der Waals surface area (Å²) in [6.07, 6.45) is 12.7. The fourth-order valence-electron chi connectivity index (χ4n) is 1.99. The summed E-state index contributed by atoms with van der Waals surface area (Å²) in [7, 11) is -4.57. The van der Waals surface area contributed by atoms with Gasteiger partial charge in [-0.1, -0.05) is 64.7 Å². The number of hydrogen-bond donors (Lipinski definition) is 0. The average molecular weight is 332 g/mol. The molecule has 0 radical (unpaired) electrons. The molecule has 21 heavy (non-hydrogen) atoms. The van der Waals surface area contributed by atoms with Crippen LogP contribution in [0.5, 0.6) is 0 Å². The summed E-state index contributed by atoms with van der Waals surface area (Å²) in [5.41, 5.74) is 0. The summed E-state index contributed by atoms with van der Waals surface area (Å²) in [4.78, 5) is 0. The van der Waals surface area contributed by atoms with Crippen LogP contribution >= 0.6 is 0 Å². The Morgan fingerprint density at radius 2 is 1.24 bits per heavy atom. The van der Waals surface area contributed by atoms with Gasteiger partial charge in [0.05, 0.1) is 13.2 Å². The topological polar surface area (TPSA) is 75.7 Å². The summed E-state index contributed by atoms with van der Waals surface area (Å²) < 4.78 is 39.5. The summed E-state index contributed by atoms with van der Waals surface area (Å²) in [5, 5.41) is 0. The van der Waals surface area contributed by atoms with Crippen molar-refractivity contribution >= 4 is 10.4 Å². The minimum atomic E-state index is -4.57. The van der Waals surface area contributed by atoms with Crippen molar-refractivity contribution in [3.05, 3.63) is 0 Å². The summed E-state index contributed by atoms with van der Waals surface area (Å²) in [6.45, 7) is 2.79. The Hall–Kier alpha value is 0.830. The number of rotatable bonds is 15. The Morgan fingerprint density at radius 3 is 1.71 bits per heavy atom. The van der Waals surface area contributed by atoms with Gasteiger partial charge in [0.2, 0.25) is 10.4 Å². The van der Waals surface area contributed by atoms with Gasteiger partial charge in [0.15, 0.2) is 0 Å². The SMILES string of the molecule is CCCCCCCCCCCCOCCOS(=O)(=O)[O-].[Na+]. The summed E-state index contributed by atoms with van der Waals surface area (Å²) in [5.74, 6) is 0. The molecule has 0 unspecified atom stereocenters. The third-order valence-electron chi connectivity index (χ3n) is 3.10. The fraction of sp³-hybridized carbons (Fsp3) is 1.00. The smallest absolute Gasteiger partial charge is 0.726 e. The van der Waals surface area contributed by atoms with E-state index in [4.69, 9.17) is 4.74 Å². The molecule has 0 saturated heterocycles. The Balaban J connectivity index is 0. The molecular weight excluding hydrogens is 303 g/mol. The quantitative estimate of drug-likeness (QED) is 0.188. The van der Waals surface area contributed by atoms with Crippen molar-refractivity contribution in [2.24, 2.45) is 0 Å². The van der Waals surface area contributed by atoms with Crippen molar-refractivity contribution in [3.63, 3.8) is 0 Å². The molecule has 0 amide bonds. The molecule has 122 valence electrons. The molecule has 0 aliphatic rings. The van der Waals surface area contributed by atoms with Crippen LogP contribution in [0.1, 0.15) is 71.1 Å². The molecule has 5 nitrogen and oxygen atoms in total. The van der Waals surface area contributed by atoms with Gasteiger partial charge in [0, 0.05) is 6.61 Å². The molecule has 0 heterocycles. The van der Waals surface area contributed by atoms with E-state index in [1.54, 1.807) is 0 Å². The second kappa shape index (κ2) is 17.2. The Kier molecular flexibility index (Phi) is 19.7. The Morgan fingerprint density at radius 1 is 0.762 bits per heavy atom. The molecule has 0 atom stereocenters. The minimum absolute atomic E-state index is 0. The van der Waals surface area contributed by atoms with Gasteiger partial charge < -0.3 is 9.29 Å². The molecule has 7 heteroatoms. The number of unbranched alkanes of at least 4 members (excludes halogenated alkanes) is 9. The van der Waals surface area contributed by atoms with Gasteiger partial charge in [0.25, 0.3) is 0 Å². The van der Waals surface area contributed by atoms with E-state index in [9.17, 15) is 13.0 Å². The summed E-state index contributed by atoms with van der Waals surface area (Å²) in [6, 6.07) is 0. The molecular formula is C14H29NaO5S. The van der Waals surface area contributed by atoms with Crippen molar-refractivity contribution in [2.75, 3.05) is 19.8 Å². The zero-order valence-electron chi connectivity index (χ0n) is 13.6. The van der Waals surface area contributed by atoms with Gasteiger partial charge in [0.1, 0.15) is 0 Å². The van der Waals surface area contributed by atoms with Crippen LogP contribution in [-0.4, -0.2) is 32.8 Å². The molecule has 0 aliphatic heterocycles. The van der Waals surface area contributed by atoms with Crippen LogP contribution in [0.15, 0.2) is 0 Å². The minimum Gasteiger partial charge on any atom is -0.726 e. The second-order valence-electron chi connectivity index (χ2n) is 5.02. The molecule has 0 aliphatic carbocycles. The van der Waals surface area contributed by atoms with Crippen molar-refractivity contribution < 1.29 is 51.4 Å². The van der Waals surface area contributed by atoms with Crippen LogP contribution in [0.25, 0.3) is 0 Å². The predicted molar refractivity (Wildman–Crippen MR) is 78.3 cm³/mol. The van der Waals surface area contributed by atoms with E-state index in [2.05, 4.69) is 11.1 Å². The van der Waals surface area contributed by atoms with E-state index in [0.717, 1.165) is 12.8 Å². The van der Waals surface area contributed by atoms with Crippen molar-refractivity contribution in [3.8, 4) is 0 Å². The van der Waals surface area contributed by atoms with Gasteiger partial charge in [-0.3, -0.25) is 4.18 Å². The molecule has 0 fully saturated rings. The molecule has 0 N–H and O–H groups in total. The maximum Gasteiger partial charge on any atom is 1.00 e. The largest absolute Gasteiger partial charge is 1.00 e. The molecule has 0 saturated carbocycles. The average Bonchev–Trinajstić information content (AvgIpc) is 2.38. The van der Waals surface area contributed by atoms with Gasteiger partial charge in [-0.05, 0) is 6.42 Å². The molecule has 0 spiro atoms. The summed E-state index contributed by atoms with van der Waals surface area (Å²) >= 11 is 0. The van der Waals surface area contributed by atoms with Gasteiger partial charge in [-0.15, -0.1) is 0 Å². The van der Waals surface area contributed by atoms with Crippen LogP contribution in [0.4, 0.5) is 0 Å². The van der Waals surface area contributed by atoms with E-state index in [1.165, 1.54) is 51.4 Å². The number of hydrogen-bond acceptors (Lipinski definition) is 5. The first-order chi connectivity index (χ1) is 9.56. The Bertz CT molecular complexity index is 296. The second-order valence-corrected chi connectivity index (χ2v) is 6.08. The fourth-order valence-corrected chi connectivity index (χ4v) is 2.26. The zero-order valence-corrected chi connectivity index (χ0v) is 16.5. The van der Waals surface area contributed by atoms with Crippen molar-refractivity contribution in [1.29, 1.82) is 0 Å². The van der Waals surface area contributed by atoms with E-state index >= 15 is 0 Å².